The lowest BCUT2D eigenvalue weighted by atomic mass is 9.92. The summed E-state index contributed by atoms with van der Waals surface area (Å²) in [5, 5.41) is 39.3. The van der Waals surface area contributed by atoms with E-state index < -0.39 is 86.2 Å². The first-order valence-corrected chi connectivity index (χ1v) is 25.5. The van der Waals surface area contributed by atoms with Crippen molar-refractivity contribution in [3.05, 3.63) is 71.8 Å². The summed E-state index contributed by atoms with van der Waals surface area (Å²) in [6.07, 6.45) is 11.3. The Balaban J connectivity index is 1.76. The van der Waals surface area contributed by atoms with Crippen LogP contribution in [0.5, 0.6) is 0 Å². The molecular weight excluding hydrogens is 873 g/mol. The predicted molar refractivity (Wildman–Crippen MR) is 257 cm³/mol. The SMILES string of the molecule is CCCCCCCCCCCCCC(=O)N[C@]1(O)[C@@H](OC(CC(=O)OCc2ccccc2)CC(=O)OCc2ccccc2)O[C@H](CO)[C@@H](O)[C@@H]1OC(=O)CNC(=O)CCCCCCCCCCC. The van der Waals surface area contributed by atoms with E-state index in [9.17, 15) is 39.3 Å². The minimum atomic E-state index is -2.84. The first kappa shape index (κ1) is 57.9. The number of carbonyl (C=O) groups excluding carboxylic acids is 5. The Morgan fingerprint density at radius 3 is 1.49 bits per heavy atom. The summed E-state index contributed by atoms with van der Waals surface area (Å²) < 4.78 is 28.7. The minimum Gasteiger partial charge on any atom is -0.461 e. The number of hydrogen-bond acceptors (Lipinski definition) is 13. The summed E-state index contributed by atoms with van der Waals surface area (Å²) in [5.41, 5.74) is -1.43. The Morgan fingerprint density at radius 2 is 1.04 bits per heavy atom. The number of aliphatic hydroxyl groups excluding tert-OH is 2. The summed E-state index contributed by atoms with van der Waals surface area (Å²) in [6.45, 7) is 2.73. The van der Waals surface area contributed by atoms with Gasteiger partial charge in [0.25, 0.3) is 0 Å². The molecule has 2 aromatic rings. The van der Waals surface area contributed by atoms with Crippen molar-refractivity contribution in [3.63, 3.8) is 0 Å². The van der Waals surface area contributed by atoms with E-state index in [1.807, 2.05) is 12.1 Å². The van der Waals surface area contributed by atoms with Crippen LogP contribution in [-0.2, 0) is 60.9 Å². The molecule has 2 amide bonds. The number of esters is 3. The van der Waals surface area contributed by atoms with E-state index in [2.05, 4.69) is 24.5 Å². The van der Waals surface area contributed by atoms with Crippen molar-refractivity contribution >= 4 is 29.7 Å². The molecule has 15 heteroatoms. The van der Waals surface area contributed by atoms with Crippen molar-refractivity contribution in [2.24, 2.45) is 0 Å². The van der Waals surface area contributed by atoms with Gasteiger partial charge in [-0.2, -0.15) is 0 Å². The first-order valence-electron chi connectivity index (χ1n) is 25.5. The van der Waals surface area contributed by atoms with Gasteiger partial charge in [0.2, 0.25) is 23.8 Å². The fourth-order valence-corrected chi connectivity index (χ4v) is 8.09. The molecule has 0 bridgehead atoms. The lowest BCUT2D eigenvalue weighted by molar-refractivity contribution is -0.357. The van der Waals surface area contributed by atoms with Gasteiger partial charge in [-0.25, -0.2) is 0 Å². The average Bonchev–Trinajstić information content (AvgIpc) is 3.33. The molecule has 1 heterocycles. The molecule has 0 saturated carbocycles. The molecule has 1 aliphatic rings. The smallest absolute Gasteiger partial charge is 0.325 e. The van der Waals surface area contributed by atoms with Crippen LogP contribution in [0.2, 0.25) is 0 Å². The van der Waals surface area contributed by atoms with Gasteiger partial charge in [-0.15, -0.1) is 0 Å². The normalized spacial score (nSPS) is 19.0. The maximum Gasteiger partial charge on any atom is 0.325 e. The molecule has 382 valence electrons. The average molecular weight is 955 g/mol. The highest BCUT2D eigenvalue weighted by molar-refractivity contribution is 5.82. The van der Waals surface area contributed by atoms with Crippen molar-refractivity contribution in [1.82, 2.24) is 10.6 Å². The van der Waals surface area contributed by atoms with Gasteiger partial charge in [0.15, 0.2) is 6.10 Å². The monoisotopic (exact) mass is 955 g/mol. The van der Waals surface area contributed by atoms with E-state index in [-0.39, 0.29) is 32.0 Å². The van der Waals surface area contributed by atoms with E-state index in [0.717, 1.165) is 57.8 Å². The molecule has 5 atom stereocenters. The van der Waals surface area contributed by atoms with Crippen LogP contribution < -0.4 is 10.6 Å². The van der Waals surface area contributed by atoms with E-state index in [1.165, 1.54) is 57.8 Å². The lowest BCUT2D eigenvalue weighted by Crippen LogP contribution is -2.75. The Kier molecular flexibility index (Phi) is 29.6. The molecule has 1 saturated heterocycles. The number of rotatable bonds is 37. The zero-order valence-corrected chi connectivity index (χ0v) is 40.9. The highest BCUT2D eigenvalue weighted by atomic mass is 16.7. The van der Waals surface area contributed by atoms with E-state index in [0.29, 0.717) is 24.0 Å². The third-order valence-electron chi connectivity index (χ3n) is 12.1. The summed E-state index contributed by atoms with van der Waals surface area (Å²) in [4.78, 5) is 66.4. The first-order chi connectivity index (χ1) is 33.0. The maximum absolute atomic E-state index is 13.7. The number of amides is 2. The van der Waals surface area contributed by atoms with Crippen molar-refractivity contribution in [2.45, 2.75) is 218 Å². The van der Waals surface area contributed by atoms with Crippen molar-refractivity contribution in [2.75, 3.05) is 13.2 Å². The van der Waals surface area contributed by atoms with Crippen LogP contribution in [0.25, 0.3) is 0 Å². The van der Waals surface area contributed by atoms with Crippen LogP contribution in [0.1, 0.15) is 179 Å². The van der Waals surface area contributed by atoms with Gasteiger partial charge in [-0.1, -0.05) is 190 Å². The molecule has 0 unspecified atom stereocenters. The van der Waals surface area contributed by atoms with Crippen LogP contribution in [0.4, 0.5) is 0 Å². The minimum absolute atomic E-state index is 0.0534. The summed E-state index contributed by atoms with van der Waals surface area (Å²) >= 11 is 0. The van der Waals surface area contributed by atoms with E-state index >= 15 is 0 Å². The van der Waals surface area contributed by atoms with Crippen molar-refractivity contribution < 1.29 is 63.0 Å². The number of hydrogen-bond donors (Lipinski definition) is 5. The van der Waals surface area contributed by atoms with Gasteiger partial charge in [0, 0.05) is 12.8 Å². The Labute approximate surface area is 404 Å². The number of aliphatic hydroxyl groups is 3. The van der Waals surface area contributed by atoms with E-state index in [1.54, 1.807) is 48.5 Å². The lowest BCUT2D eigenvalue weighted by Gasteiger charge is -2.49. The molecule has 1 aliphatic heterocycles. The molecule has 0 aromatic heterocycles. The molecule has 0 spiro atoms. The topological polar surface area (TPSA) is 216 Å². The molecule has 3 rings (SSSR count). The van der Waals surface area contributed by atoms with Crippen LogP contribution in [0.15, 0.2) is 60.7 Å². The molecule has 0 aliphatic carbocycles. The fourth-order valence-electron chi connectivity index (χ4n) is 8.09. The molecule has 0 radical (unpaired) electrons. The second-order valence-electron chi connectivity index (χ2n) is 18.1. The second kappa shape index (κ2) is 34.8. The molecule has 15 nitrogen and oxygen atoms in total. The molecular formula is C53H82N2O13. The predicted octanol–water partition coefficient (Wildman–Crippen LogP) is 8.17. The molecule has 5 N–H and O–H groups in total. The van der Waals surface area contributed by atoms with Crippen LogP contribution in [-0.4, -0.2) is 94.6 Å². The number of ether oxygens (including phenoxy) is 5. The third kappa shape index (κ3) is 23.7. The Morgan fingerprint density at radius 1 is 0.618 bits per heavy atom. The van der Waals surface area contributed by atoms with Crippen molar-refractivity contribution in [1.29, 1.82) is 0 Å². The zero-order chi connectivity index (χ0) is 49.2. The third-order valence-corrected chi connectivity index (χ3v) is 12.1. The molecule has 1 fully saturated rings. The van der Waals surface area contributed by atoms with Gasteiger partial charge < -0.3 is 49.6 Å². The quantitative estimate of drug-likeness (QED) is 0.0187. The van der Waals surface area contributed by atoms with Gasteiger partial charge in [0.1, 0.15) is 32.0 Å². The van der Waals surface area contributed by atoms with Gasteiger partial charge in [0.05, 0.1) is 25.6 Å². The van der Waals surface area contributed by atoms with Crippen LogP contribution in [0, 0.1) is 0 Å². The summed E-state index contributed by atoms with van der Waals surface area (Å²) in [7, 11) is 0. The summed E-state index contributed by atoms with van der Waals surface area (Å²) in [6, 6.07) is 17.8. The number of benzene rings is 2. The largest absolute Gasteiger partial charge is 0.461 e. The number of carbonyl (C=O) groups is 5. The number of unbranched alkanes of at least 4 members (excludes halogenated alkanes) is 18. The highest BCUT2D eigenvalue weighted by Crippen LogP contribution is 2.33. The highest BCUT2D eigenvalue weighted by Gasteiger charge is 2.60. The van der Waals surface area contributed by atoms with Gasteiger partial charge >= 0.3 is 17.9 Å². The fraction of sp³-hybridized carbons (Fsp3) is 0.679. The Hall–Kier alpha value is -4.41. The zero-order valence-electron chi connectivity index (χ0n) is 40.9. The van der Waals surface area contributed by atoms with Gasteiger partial charge in [-0.05, 0) is 24.0 Å². The molecule has 68 heavy (non-hydrogen) atoms. The number of nitrogens with one attached hydrogen (secondary N) is 2. The standard InChI is InChI=1S/C53H82N2O13/c1-3-5-7-9-11-13-14-16-18-20-28-34-46(58)55-53(63)51(68-49(61)37-54-45(57)33-27-19-17-15-12-10-8-6-4-2)50(62)44(38-56)67-52(53)66-43(35-47(59)64-39-41-29-23-21-24-30-41)36-48(60)65-40-42-31-25-22-26-32-42/h21-26,29-32,43-44,50-52,56,62-63H,3-20,27-28,33-40H2,1-2H3,(H,54,57)(H,55,58)/t44-,50-,51+,52+,53-/m1/s1. The van der Waals surface area contributed by atoms with E-state index in [4.69, 9.17) is 23.7 Å². The molecule has 2 aromatic carbocycles. The van der Waals surface area contributed by atoms with Crippen molar-refractivity contribution in [3.8, 4) is 0 Å². The van der Waals surface area contributed by atoms with Gasteiger partial charge in [-0.3, -0.25) is 24.0 Å². The Bertz CT molecular complexity index is 1640. The van der Waals surface area contributed by atoms with Crippen LogP contribution >= 0.6 is 0 Å². The summed E-state index contributed by atoms with van der Waals surface area (Å²) in [5.74, 6) is -3.70. The second-order valence-corrected chi connectivity index (χ2v) is 18.1. The maximum atomic E-state index is 13.7. The van der Waals surface area contributed by atoms with Crippen LogP contribution in [0.3, 0.4) is 0 Å².